The van der Waals surface area contributed by atoms with E-state index in [9.17, 15) is 0 Å². The molecule has 3 N–H and O–H groups in total. The topological polar surface area (TPSA) is 50.9 Å². The van der Waals surface area contributed by atoms with E-state index >= 15 is 0 Å². The van der Waals surface area contributed by atoms with Crippen molar-refractivity contribution in [1.29, 1.82) is 0 Å². The smallest absolute Gasteiger partial charge is 0.140 e. The van der Waals surface area contributed by atoms with Crippen LogP contribution in [0.25, 0.3) is 0 Å². The van der Waals surface area contributed by atoms with Gasteiger partial charge in [0.15, 0.2) is 0 Å². The molecule has 3 atom stereocenters. The molecule has 1 aliphatic rings. The van der Waals surface area contributed by atoms with E-state index in [0.29, 0.717) is 12.0 Å². The normalized spacial score (nSPS) is 28.4. The van der Waals surface area contributed by atoms with E-state index in [0.717, 1.165) is 27.5 Å². The van der Waals surface area contributed by atoms with Crippen LogP contribution in [0.4, 0.5) is 11.5 Å². The van der Waals surface area contributed by atoms with Crippen LogP contribution in [0.15, 0.2) is 10.7 Å². The Morgan fingerprint density at radius 3 is 2.71 bits per heavy atom. The van der Waals surface area contributed by atoms with Gasteiger partial charge in [-0.1, -0.05) is 13.8 Å². The monoisotopic (exact) mass is 297 g/mol. The number of nitrogen functional groups attached to an aromatic ring is 1. The third-order valence-electron chi connectivity index (χ3n) is 4.09. The van der Waals surface area contributed by atoms with Crippen molar-refractivity contribution < 1.29 is 0 Å². The molecular formula is C13H20BrN3. The summed E-state index contributed by atoms with van der Waals surface area (Å²) < 4.78 is 0.990. The van der Waals surface area contributed by atoms with Gasteiger partial charge in [0.25, 0.3) is 0 Å². The van der Waals surface area contributed by atoms with Crippen molar-refractivity contribution in [2.45, 2.75) is 39.7 Å². The van der Waals surface area contributed by atoms with Gasteiger partial charge in [0.2, 0.25) is 0 Å². The first-order valence-corrected chi connectivity index (χ1v) is 6.97. The van der Waals surface area contributed by atoms with E-state index in [-0.39, 0.29) is 0 Å². The Balaban J connectivity index is 2.17. The maximum atomic E-state index is 5.83. The van der Waals surface area contributed by atoms with Gasteiger partial charge < -0.3 is 11.1 Å². The Bertz CT molecular complexity index is 419. The lowest BCUT2D eigenvalue weighted by Gasteiger charge is -2.21. The molecule has 3 unspecified atom stereocenters. The molecular weight excluding hydrogens is 278 g/mol. The molecule has 0 spiro atoms. The van der Waals surface area contributed by atoms with E-state index in [1.165, 1.54) is 12.8 Å². The van der Waals surface area contributed by atoms with Crippen LogP contribution < -0.4 is 11.1 Å². The zero-order valence-electron chi connectivity index (χ0n) is 10.6. The lowest BCUT2D eigenvalue weighted by Crippen LogP contribution is -2.25. The van der Waals surface area contributed by atoms with Crippen LogP contribution in [0.2, 0.25) is 0 Å². The molecule has 0 aliphatic heterocycles. The molecule has 3 nitrogen and oxygen atoms in total. The third kappa shape index (κ3) is 2.41. The summed E-state index contributed by atoms with van der Waals surface area (Å²) in [5.41, 5.74) is 7.62. The average Bonchev–Trinajstić information content (AvgIpc) is 2.62. The lowest BCUT2D eigenvalue weighted by molar-refractivity contribution is 0.435. The second-order valence-electron chi connectivity index (χ2n) is 5.17. The van der Waals surface area contributed by atoms with E-state index < -0.39 is 0 Å². The molecule has 0 amide bonds. The first-order chi connectivity index (χ1) is 8.00. The van der Waals surface area contributed by atoms with Crippen molar-refractivity contribution in [2.75, 3.05) is 11.1 Å². The number of hydrogen-bond acceptors (Lipinski definition) is 3. The van der Waals surface area contributed by atoms with E-state index in [4.69, 9.17) is 5.73 Å². The molecule has 1 aromatic rings. The van der Waals surface area contributed by atoms with Crippen LogP contribution in [-0.4, -0.2) is 11.0 Å². The highest BCUT2D eigenvalue weighted by atomic mass is 79.9. The summed E-state index contributed by atoms with van der Waals surface area (Å²) in [7, 11) is 0. The van der Waals surface area contributed by atoms with Crippen molar-refractivity contribution >= 4 is 27.4 Å². The highest BCUT2D eigenvalue weighted by Gasteiger charge is 2.30. The molecule has 0 aromatic carbocycles. The molecule has 0 radical (unpaired) electrons. The minimum Gasteiger partial charge on any atom is -0.397 e. The van der Waals surface area contributed by atoms with E-state index in [2.05, 4.69) is 40.1 Å². The Kier molecular flexibility index (Phi) is 3.61. The predicted molar refractivity (Wildman–Crippen MR) is 76.1 cm³/mol. The Morgan fingerprint density at radius 2 is 2.12 bits per heavy atom. The maximum absolute atomic E-state index is 5.83. The van der Waals surface area contributed by atoms with Crippen LogP contribution in [0, 0.1) is 18.8 Å². The third-order valence-corrected chi connectivity index (χ3v) is 5.06. The first kappa shape index (κ1) is 12.7. The summed E-state index contributed by atoms with van der Waals surface area (Å²) in [6, 6.07) is 0.525. The van der Waals surface area contributed by atoms with Gasteiger partial charge in [0, 0.05) is 6.04 Å². The minimum absolute atomic E-state index is 0.525. The number of pyridine rings is 1. The number of hydrogen-bond donors (Lipinski definition) is 2. The zero-order chi connectivity index (χ0) is 12.6. The Hall–Kier alpha value is -0.770. The van der Waals surface area contributed by atoms with E-state index in [1.807, 2.05) is 6.92 Å². The van der Waals surface area contributed by atoms with Gasteiger partial charge in [-0.15, -0.1) is 0 Å². The van der Waals surface area contributed by atoms with Crippen molar-refractivity contribution in [2.24, 2.45) is 11.8 Å². The molecule has 1 aliphatic carbocycles. The number of anilines is 2. The molecule has 17 heavy (non-hydrogen) atoms. The molecule has 2 rings (SSSR count). The summed E-state index contributed by atoms with van der Waals surface area (Å²) in [4.78, 5) is 4.38. The van der Waals surface area contributed by atoms with Gasteiger partial charge in [-0.05, 0) is 53.1 Å². The van der Waals surface area contributed by atoms with Gasteiger partial charge in [-0.25, -0.2) is 4.98 Å². The lowest BCUT2D eigenvalue weighted by atomic mass is 9.98. The highest BCUT2D eigenvalue weighted by Crippen LogP contribution is 2.35. The zero-order valence-corrected chi connectivity index (χ0v) is 12.2. The predicted octanol–water partition coefficient (Wildman–Crippen LogP) is 3.58. The maximum Gasteiger partial charge on any atom is 0.140 e. The molecule has 94 valence electrons. The van der Waals surface area contributed by atoms with Gasteiger partial charge in [-0.3, -0.25) is 0 Å². The summed E-state index contributed by atoms with van der Waals surface area (Å²) in [6.45, 7) is 6.64. The average molecular weight is 298 g/mol. The van der Waals surface area contributed by atoms with Gasteiger partial charge in [0.1, 0.15) is 5.82 Å². The minimum atomic E-state index is 0.525. The molecule has 1 aromatic heterocycles. The number of nitrogens with two attached hydrogens (primary N) is 1. The van der Waals surface area contributed by atoms with Gasteiger partial charge in [-0.2, -0.15) is 0 Å². The van der Waals surface area contributed by atoms with Gasteiger partial charge >= 0.3 is 0 Å². The second-order valence-corrected chi connectivity index (χ2v) is 5.96. The van der Waals surface area contributed by atoms with Crippen LogP contribution >= 0.6 is 15.9 Å². The Morgan fingerprint density at radius 1 is 1.41 bits per heavy atom. The molecule has 1 saturated carbocycles. The second kappa shape index (κ2) is 4.84. The number of nitrogens with zero attached hydrogens (tertiary/aromatic N) is 1. The molecule has 0 saturated heterocycles. The highest BCUT2D eigenvalue weighted by molar-refractivity contribution is 9.10. The van der Waals surface area contributed by atoms with Crippen molar-refractivity contribution in [3.05, 3.63) is 16.2 Å². The molecule has 0 bridgehead atoms. The fourth-order valence-corrected chi connectivity index (χ4v) is 2.88. The fourth-order valence-electron chi connectivity index (χ4n) is 2.44. The number of rotatable bonds is 2. The summed E-state index contributed by atoms with van der Waals surface area (Å²) in [5, 5.41) is 3.54. The van der Waals surface area contributed by atoms with Crippen LogP contribution in [0.1, 0.15) is 32.3 Å². The van der Waals surface area contributed by atoms with Crippen molar-refractivity contribution in [3.8, 4) is 0 Å². The number of aromatic nitrogens is 1. The van der Waals surface area contributed by atoms with E-state index in [1.54, 1.807) is 6.20 Å². The SMILES string of the molecule is Cc1c(N)cnc(NC2CCC(C)C2C)c1Br. The summed E-state index contributed by atoms with van der Waals surface area (Å²) in [5.74, 6) is 2.41. The Labute approximate surface area is 111 Å². The van der Waals surface area contributed by atoms with Crippen molar-refractivity contribution in [1.82, 2.24) is 4.98 Å². The summed E-state index contributed by atoms with van der Waals surface area (Å²) in [6.07, 6.45) is 4.25. The van der Waals surface area contributed by atoms with Crippen LogP contribution in [-0.2, 0) is 0 Å². The summed E-state index contributed by atoms with van der Waals surface area (Å²) >= 11 is 3.57. The standard InChI is InChI=1S/C13H20BrN3/c1-7-4-5-11(8(7)2)17-13-12(14)9(3)10(15)6-16-13/h6-8,11H,4-5,15H2,1-3H3,(H,16,17). The molecule has 1 fully saturated rings. The molecule has 4 heteroatoms. The number of nitrogens with one attached hydrogen (secondary N) is 1. The van der Waals surface area contributed by atoms with Gasteiger partial charge in [0.05, 0.1) is 16.4 Å². The fraction of sp³-hybridized carbons (Fsp3) is 0.615. The molecule has 1 heterocycles. The van der Waals surface area contributed by atoms with Crippen molar-refractivity contribution in [3.63, 3.8) is 0 Å². The largest absolute Gasteiger partial charge is 0.397 e. The first-order valence-electron chi connectivity index (χ1n) is 6.17. The quantitative estimate of drug-likeness (QED) is 0.877. The van der Waals surface area contributed by atoms with Crippen LogP contribution in [0.3, 0.4) is 0 Å². The number of halogens is 1. The van der Waals surface area contributed by atoms with Crippen LogP contribution in [0.5, 0.6) is 0 Å².